The van der Waals surface area contributed by atoms with Gasteiger partial charge in [-0.2, -0.15) is 0 Å². The lowest BCUT2D eigenvalue weighted by atomic mass is 10.1. The summed E-state index contributed by atoms with van der Waals surface area (Å²) in [4.78, 5) is 6.72. The summed E-state index contributed by atoms with van der Waals surface area (Å²) < 4.78 is 16.5. The molecule has 3 aromatic rings. The minimum absolute atomic E-state index is 0.286. The Balaban J connectivity index is 1.67. The van der Waals surface area contributed by atoms with Gasteiger partial charge in [0.1, 0.15) is 5.69 Å². The zero-order valence-electron chi connectivity index (χ0n) is 13.8. The predicted octanol–water partition coefficient (Wildman–Crippen LogP) is 2.78. The average Bonchev–Trinajstić information content (AvgIpc) is 3.33. The van der Waals surface area contributed by atoms with E-state index in [1.165, 1.54) is 12.5 Å². The van der Waals surface area contributed by atoms with Crippen molar-refractivity contribution in [3.05, 3.63) is 71.6 Å². The first-order valence-corrected chi connectivity index (χ1v) is 8.37. The Hall–Kier alpha value is -2.57. The largest absolute Gasteiger partial charge is 0.472 e. The maximum Gasteiger partial charge on any atom is 0.230 e. The van der Waals surface area contributed by atoms with Crippen molar-refractivity contribution in [2.75, 3.05) is 31.2 Å². The number of rotatable bonds is 5. The van der Waals surface area contributed by atoms with Gasteiger partial charge in [0, 0.05) is 25.1 Å². The number of aliphatic hydroxyl groups is 1. The maximum atomic E-state index is 10.5. The van der Waals surface area contributed by atoms with Crippen LogP contribution in [0.5, 0.6) is 0 Å². The second-order valence-electron chi connectivity index (χ2n) is 6.02. The van der Waals surface area contributed by atoms with Gasteiger partial charge in [0.15, 0.2) is 6.10 Å². The van der Waals surface area contributed by atoms with Crippen LogP contribution >= 0.6 is 0 Å². The van der Waals surface area contributed by atoms with Crippen molar-refractivity contribution in [3.63, 3.8) is 0 Å². The van der Waals surface area contributed by atoms with E-state index in [9.17, 15) is 5.11 Å². The topological polar surface area (TPSA) is 71.9 Å². The van der Waals surface area contributed by atoms with Crippen LogP contribution in [0.1, 0.15) is 28.8 Å². The molecule has 1 atom stereocenters. The van der Waals surface area contributed by atoms with Crippen LogP contribution < -0.4 is 4.90 Å². The highest BCUT2D eigenvalue weighted by atomic mass is 16.5. The molecule has 4 rings (SSSR count). The van der Waals surface area contributed by atoms with Crippen LogP contribution in [0.3, 0.4) is 0 Å². The number of morpholine rings is 1. The lowest BCUT2D eigenvalue weighted by Crippen LogP contribution is -2.36. The van der Waals surface area contributed by atoms with Gasteiger partial charge >= 0.3 is 0 Å². The fraction of sp³-hybridized carbons (Fsp3) is 0.316. The van der Waals surface area contributed by atoms with E-state index >= 15 is 0 Å². The standard InChI is InChI=1S/C19H20N2O4/c22-17(15-6-9-24-13-15)18-20-16(12-14-4-2-1-3-5-14)19(25-18)21-7-10-23-11-8-21/h1-6,9,13,17,22H,7-8,10-12H2/t17-/m0/s1. The second-order valence-corrected chi connectivity index (χ2v) is 6.02. The van der Waals surface area contributed by atoms with Crippen molar-refractivity contribution in [1.29, 1.82) is 0 Å². The number of furan rings is 1. The molecular weight excluding hydrogens is 320 g/mol. The van der Waals surface area contributed by atoms with E-state index in [1.807, 2.05) is 18.2 Å². The molecule has 2 aromatic heterocycles. The number of anilines is 1. The third-order valence-corrected chi connectivity index (χ3v) is 4.30. The van der Waals surface area contributed by atoms with Crippen molar-refractivity contribution in [3.8, 4) is 0 Å². The first-order chi connectivity index (χ1) is 12.3. The molecular formula is C19H20N2O4. The molecule has 1 saturated heterocycles. The fourth-order valence-corrected chi connectivity index (χ4v) is 2.97. The number of oxazole rings is 1. The summed E-state index contributed by atoms with van der Waals surface area (Å²) >= 11 is 0. The van der Waals surface area contributed by atoms with E-state index < -0.39 is 6.10 Å². The zero-order valence-corrected chi connectivity index (χ0v) is 13.8. The molecule has 0 amide bonds. The minimum atomic E-state index is -0.942. The molecule has 1 aromatic carbocycles. The van der Waals surface area contributed by atoms with Gasteiger partial charge < -0.3 is 23.6 Å². The van der Waals surface area contributed by atoms with Crippen LogP contribution in [-0.2, 0) is 11.2 Å². The van der Waals surface area contributed by atoms with E-state index in [2.05, 4.69) is 22.0 Å². The van der Waals surface area contributed by atoms with Crippen molar-refractivity contribution < 1.29 is 18.7 Å². The van der Waals surface area contributed by atoms with Crippen LogP contribution in [-0.4, -0.2) is 36.4 Å². The summed E-state index contributed by atoms with van der Waals surface area (Å²) in [6.45, 7) is 2.81. The van der Waals surface area contributed by atoms with Gasteiger partial charge in [0.05, 0.1) is 25.7 Å². The summed E-state index contributed by atoms with van der Waals surface area (Å²) in [5.41, 5.74) is 2.60. The van der Waals surface area contributed by atoms with Gasteiger partial charge in [-0.05, 0) is 11.6 Å². The predicted molar refractivity (Wildman–Crippen MR) is 91.6 cm³/mol. The van der Waals surface area contributed by atoms with Crippen molar-refractivity contribution >= 4 is 5.88 Å². The van der Waals surface area contributed by atoms with Crippen LogP contribution in [0.15, 0.2) is 57.8 Å². The lowest BCUT2D eigenvalue weighted by molar-refractivity contribution is 0.119. The van der Waals surface area contributed by atoms with Crippen molar-refractivity contribution in [2.45, 2.75) is 12.5 Å². The van der Waals surface area contributed by atoms with Crippen molar-refractivity contribution in [2.24, 2.45) is 0 Å². The van der Waals surface area contributed by atoms with E-state index in [1.54, 1.807) is 6.07 Å². The first kappa shape index (κ1) is 15.9. The lowest BCUT2D eigenvalue weighted by Gasteiger charge is -2.26. The number of aromatic nitrogens is 1. The number of hydrogen-bond donors (Lipinski definition) is 1. The molecule has 3 heterocycles. The Bertz CT molecular complexity index is 792. The normalized spacial score (nSPS) is 16.1. The fourth-order valence-electron chi connectivity index (χ4n) is 2.97. The quantitative estimate of drug-likeness (QED) is 0.770. The summed E-state index contributed by atoms with van der Waals surface area (Å²) in [7, 11) is 0. The van der Waals surface area contributed by atoms with E-state index in [0.717, 1.165) is 24.3 Å². The second kappa shape index (κ2) is 7.13. The summed E-state index contributed by atoms with van der Waals surface area (Å²) in [5.74, 6) is 0.999. The highest BCUT2D eigenvalue weighted by Gasteiger charge is 2.25. The molecule has 1 fully saturated rings. The molecule has 0 bridgehead atoms. The molecule has 6 nitrogen and oxygen atoms in total. The Kier molecular flexibility index (Phi) is 4.54. The summed E-state index contributed by atoms with van der Waals surface area (Å²) in [5, 5.41) is 10.5. The highest BCUT2D eigenvalue weighted by molar-refractivity contribution is 5.44. The van der Waals surface area contributed by atoms with Gasteiger partial charge in [-0.25, -0.2) is 4.98 Å². The van der Waals surface area contributed by atoms with Gasteiger partial charge in [0.25, 0.3) is 0 Å². The zero-order chi connectivity index (χ0) is 17.1. The molecule has 0 unspecified atom stereocenters. The highest BCUT2D eigenvalue weighted by Crippen LogP contribution is 2.30. The third kappa shape index (κ3) is 3.45. The molecule has 0 radical (unpaired) electrons. The monoisotopic (exact) mass is 340 g/mol. The molecule has 0 aliphatic carbocycles. The Morgan fingerprint density at radius 1 is 1.12 bits per heavy atom. The SMILES string of the molecule is O[C@@H](c1ccoc1)c1nc(Cc2ccccc2)c(N2CCOCC2)o1. The van der Waals surface area contributed by atoms with Crippen LogP contribution in [0.4, 0.5) is 5.88 Å². The molecule has 25 heavy (non-hydrogen) atoms. The van der Waals surface area contributed by atoms with Gasteiger partial charge in [-0.1, -0.05) is 30.3 Å². The van der Waals surface area contributed by atoms with E-state index in [4.69, 9.17) is 13.6 Å². The molecule has 6 heteroatoms. The number of hydrogen-bond acceptors (Lipinski definition) is 6. The van der Waals surface area contributed by atoms with Crippen LogP contribution in [0.25, 0.3) is 0 Å². The number of nitrogens with zero attached hydrogens (tertiary/aromatic N) is 2. The van der Waals surface area contributed by atoms with Gasteiger partial charge in [-0.3, -0.25) is 0 Å². The van der Waals surface area contributed by atoms with E-state index in [-0.39, 0.29) is 5.89 Å². The first-order valence-electron chi connectivity index (χ1n) is 8.37. The molecule has 1 aliphatic rings. The summed E-state index contributed by atoms with van der Waals surface area (Å²) in [6.07, 6.45) is 2.73. The van der Waals surface area contributed by atoms with Gasteiger partial charge in [0.2, 0.25) is 11.8 Å². The maximum absolute atomic E-state index is 10.5. The number of ether oxygens (including phenoxy) is 1. The third-order valence-electron chi connectivity index (χ3n) is 4.30. The molecule has 1 N–H and O–H groups in total. The minimum Gasteiger partial charge on any atom is -0.472 e. The molecule has 0 spiro atoms. The molecule has 130 valence electrons. The Labute approximate surface area is 145 Å². The average molecular weight is 340 g/mol. The molecule has 1 aliphatic heterocycles. The van der Waals surface area contributed by atoms with Gasteiger partial charge in [-0.15, -0.1) is 0 Å². The summed E-state index contributed by atoms with van der Waals surface area (Å²) in [6, 6.07) is 11.8. The smallest absolute Gasteiger partial charge is 0.230 e. The van der Waals surface area contributed by atoms with Crippen molar-refractivity contribution in [1.82, 2.24) is 4.98 Å². The van der Waals surface area contributed by atoms with Crippen LogP contribution in [0, 0.1) is 0 Å². The Morgan fingerprint density at radius 3 is 2.64 bits per heavy atom. The van der Waals surface area contributed by atoms with E-state index in [0.29, 0.717) is 31.1 Å². The Morgan fingerprint density at radius 2 is 1.92 bits per heavy atom. The number of aliphatic hydroxyl groups excluding tert-OH is 1. The van der Waals surface area contributed by atoms with Crippen LogP contribution in [0.2, 0.25) is 0 Å². The number of benzene rings is 1. The molecule has 0 saturated carbocycles.